The SMILES string of the molecule is c1ccc(-c2cc(-n3c(-c4ccccc4)c(-c4ccc(-n5c6ccccc6c6ccccc65)cc4)c4ccccc43)nc(-c3ccccc3)n2)cc1. The number of hydrogen-bond donors (Lipinski definition) is 0. The van der Waals surface area contributed by atoms with Crippen molar-refractivity contribution in [3.8, 4) is 56.5 Å². The zero-order valence-corrected chi connectivity index (χ0v) is 28.3. The second-order valence-corrected chi connectivity index (χ2v) is 13.0. The molecular weight excluding hydrogens is 633 g/mol. The summed E-state index contributed by atoms with van der Waals surface area (Å²) in [5.74, 6) is 1.50. The van der Waals surface area contributed by atoms with E-state index in [2.05, 4.69) is 179 Å². The Morgan fingerprint density at radius 1 is 0.346 bits per heavy atom. The quantitative estimate of drug-likeness (QED) is 0.177. The summed E-state index contributed by atoms with van der Waals surface area (Å²) in [6.45, 7) is 0. The van der Waals surface area contributed by atoms with Gasteiger partial charge in [0.15, 0.2) is 5.82 Å². The van der Waals surface area contributed by atoms with E-state index in [-0.39, 0.29) is 0 Å². The molecule has 3 heterocycles. The minimum atomic E-state index is 0.686. The van der Waals surface area contributed by atoms with Crippen LogP contribution < -0.4 is 0 Å². The Morgan fingerprint density at radius 2 is 0.827 bits per heavy atom. The molecule has 0 fully saturated rings. The van der Waals surface area contributed by atoms with Crippen LogP contribution in [0.3, 0.4) is 0 Å². The average Bonchev–Trinajstić information content (AvgIpc) is 3.75. The van der Waals surface area contributed by atoms with Crippen molar-refractivity contribution in [2.24, 2.45) is 0 Å². The first-order valence-electron chi connectivity index (χ1n) is 17.6. The average molecular weight is 665 g/mol. The summed E-state index contributed by atoms with van der Waals surface area (Å²) in [5, 5.41) is 3.67. The van der Waals surface area contributed by atoms with E-state index in [0.717, 1.165) is 61.6 Å². The Hall–Kier alpha value is -7.04. The van der Waals surface area contributed by atoms with Crippen molar-refractivity contribution in [2.45, 2.75) is 0 Å². The Morgan fingerprint density at radius 3 is 1.42 bits per heavy atom. The van der Waals surface area contributed by atoms with Crippen LogP contribution in [0.5, 0.6) is 0 Å². The first-order chi connectivity index (χ1) is 25.8. The number of benzene rings is 7. The van der Waals surface area contributed by atoms with Gasteiger partial charge in [-0.3, -0.25) is 4.57 Å². The third kappa shape index (κ3) is 4.92. The van der Waals surface area contributed by atoms with E-state index in [1.165, 1.54) is 21.8 Å². The molecule has 0 unspecified atom stereocenters. The van der Waals surface area contributed by atoms with E-state index in [1.807, 2.05) is 24.3 Å². The van der Waals surface area contributed by atoms with E-state index in [4.69, 9.17) is 9.97 Å². The first-order valence-corrected chi connectivity index (χ1v) is 17.6. The van der Waals surface area contributed by atoms with Crippen LogP contribution in [-0.4, -0.2) is 19.1 Å². The number of fused-ring (bicyclic) bond motifs is 4. The molecule has 10 rings (SSSR count). The Bertz CT molecular complexity index is 2760. The van der Waals surface area contributed by atoms with Gasteiger partial charge in [0, 0.05) is 44.6 Å². The normalized spacial score (nSPS) is 11.5. The fourth-order valence-electron chi connectivity index (χ4n) is 7.64. The molecule has 52 heavy (non-hydrogen) atoms. The Kier molecular flexibility index (Phi) is 7.10. The minimum Gasteiger partial charge on any atom is -0.309 e. The van der Waals surface area contributed by atoms with Crippen LogP contribution in [0.1, 0.15) is 0 Å². The van der Waals surface area contributed by atoms with Crippen LogP contribution in [0.15, 0.2) is 194 Å². The van der Waals surface area contributed by atoms with Crippen molar-refractivity contribution >= 4 is 32.7 Å². The van der Waals surface area contributed by atoms with Gasteiger partial charge in [-0.25, -0.2) is 9.97 Å². The number of hydrogen-bond acceptors (Lipinski definition) is 2. The topological polar surface area (TPSA) is 35.6 Å². The van der Waals surface area contributed by atoms with Crippen LogP contribution in [0.4, 0.5) is 0 Å². The molecule has 4 nitrogen and oxygen atoms in total. The van der Waals surface area contributed by atoms with Gasteiger partial charge in [-0.05, 0) is 41.5 Å². The predicted molar refractivity (Wildman–Crippen MR) is 215 cm³/mol. The summed E-state index contributed by atoms with van der Waals surface area (Å²) in [5.41, 5.74) is 12.0. The molecule has 3 aromatic heterocycles. The summed E-state index contributed by atoms with van der Waals surface area (Å²) in [4.78, 5) is 10.4. The lowest BCUT2D eigenvalue weighted by Crippen LogP contribution is -2.04. The summed E-state index contributed by atoms with van der Waals surface area (Å²) in [7, 11) is 0. The van der Waals surface area contributed by atoms with Gasteiger partial charge in [0.05, 0.1) is 27.9 Å². The van der Waals surface area contributed by atoms with E-state index < -0.39 is 0 Å². The molecule has 244 valence electrons. The minimum absolute atomic E-state index is 0.686. The van der Waals surface area contributed by atoms with Gasteiger partial charge in [0.2, 0.25) is 0 Å². The zero-order valence-electron chi connectivity index (χ0n) is 28.3. The molecule has 0 N–H and O–H groups in total. The summed E-state index contributed by atoms with van der Waals surface area (Å²) >= 11 is 0. The molecule has 10 aromatic rings. The van der Waals surface area contributed by atoms with Crippen LogP contribution >= 0.6 is 0 Å². The number of aromatic nitrogens is 4. The highest BCUT2D eigenvalue weighted by molar-refractivity contribution is 6.09. The molecule has 0 radical (unpaired) electrons. The van der Waals surface area contributed by atoms with Gasteiger partial charge in [-0.2, -0.15) is 0 Å². The van der Waals surface area contributed by atoms with E-state index in [0.29, 0.717) is 5.82 Å². The van der Waals surface area contributed by atoms with Gasteiger partial charge in [0.25, 0.3) is 0 Å². The maximum atomic E-state index is 5.30. The Labute approximate surface area is 301 Å². The Balaban J connectivity index is 1.23. The predicted octanol–water partition coefficient (Wildman–Crippen LogP) is 12.2. The summed E-state index contributed by atoms with van der Waals surface area (Å²) in [6, 6.07) is 68.4. The smallest absolute Gasteiger partial charge is 0.162 e. The second kappa shape index (κ2) is 12.4. The van der Waals surface area contributed by atoms with Crippen molar-refractivity contribution in [1.29, 1.82) is 0 Å². The van der Waals surface area contributed by atoms with Crippen LogP contribution in [0, 0.1) is 0 Å². The maximum Gasteiger partial charge on any atom is 0.162 e. The lowest BCUT2D eigenvalue weighted by Gasteiger charge is -2.15. The molecule has 0 amide bonds. The molecule has 0 saturated heterocycles. The zero-order chi connectivity index (χ0) is 34.4. The first kappa shape index (κ1) is 29.8. The molecule has 0 spiro atoms. The highest BCUT2D eigenvalue weighted by Crippen LogP contribution is 2.43. The van der Waals surface area contributed by atoms with Gasteiger partial charge in [-0.15, -0.1) is 0 Å². The highest BCUT2D eigenvalue weighted by atomic mass is 15.1. The third-order valence-corrected chi connectivity index (χ3v) is 9.96. The van der Waals surface area contributed by atoms with Gasteiger partial charge in [-0.1, -0.05) is 158 Å². The van der Waals surface area contributed by atoms with Crippen molar-refractivity contribution < 1.29 is 0 Å². The molecule has 4 heteroatoms. The third-order valence-electron chi connectivity index (χ3n) is 9.96. The number of nitrogens with zero attached hydrogens (tertiary/aromatic N) is 4. The lowest BCUT2D eigenvalue weighted by atomic mass is 9.98. The van der Waals surface area contributed by atoms with Crippen molar-refractivity contribution in [3.63, 3.8) is 0 Å². The molecule has 0 aliphatic heterocycles. The second-order valence-electron chi connectivity index (χ2n) is 13.0. The van der Waals surface area contributed by atoms with Crippen molar-refractivity contribution in [2.75, 3.05) is 0 Å². The maximum absolute atomic E-state index is 5.30. The summed E-state index contributed by atoms with van der Waals surface area (Å²) < 4.78 is 4.69. The van der Waals surface area contributed by atoms with Gasteiger partial charge in [0.1, 0.15) is 5.82 Å². The van der Waals surface area contributed by atoms with E-state index in [1.54, 1.807) is 0 Å². The van der Waals surface area contributed by atoms with E-state index in [9.17, 15) is 0 Å². The molecule has 0 bridgehead atoms. The summed E-state index contributed by atoms with van der Waals surface area (Å²) in [6.07, 6.45) is 0. The van der Waals surface area contributed by atoms with E-state index >= 15 is 0 Å². The molecule has 0 atom stereocenters. The lowest BCUT2D eigenvalue weighted by molar-refractivity contribution is 1.03. The monoisotopic (exact) mass is 664 g/mol. The largest absolute Gasteiger partial charge is 0.309 e. The number of rotatable bonds is 6. The highest BCUT2D eigenvalue weighted by Gasteiger charge is 2.23. The van der Waals surface area contributed by atoms with Gasteiger partial charge < -0.3 is 4.57 Å². The molecule has 0 saturated carbocycles. The van der Waals surface area contributed by atoms with Crippen LogP contribution in [0.25, 0.3) is 89.2 Å². The van der Waals surface area contributed by atoms with Crippen LogP contribution in [0.2, 0.25) is 0 Å². The number of para-hydroxylation sites is 3. The van der Waals surface area contributed by atoms with Crippen molar-refractivity contribution in [1.82, 2.24) is 19.1 Å². The fourth-order valence-corrected chi connectivity index (χ4v) is 7.64. The van der Waals surface area contributed by atoms with Crippen LogP contribution in [-0.2, 0) is 0 Å². The molecule has 7 aromatic carbocycles. The fraction of sp³-hybridized carbons (Fsp3) is 0. The van der Waals surface area contributed by atoms with Crippen molar-refractivity contribution in [3.05, 3.63) is 194 Å². The molecule has 0 aliphatic carbocycles. The molecular formula is C48H32N4. The van der Waals surface area contributed by atoms with Gasteiger partial charge >= 0.3 is 0 Å². The molecule has 0 aliphatic rings. The standard InChI is InChI=1S/C48H32N4/c1-4-16-33(17-5-1)41-32-45(50-48(49-41)36-20-8-3-9-21-36)52-44-27-15-12-24-40(44)46(47(52)35-18-6-2-7-19-35)34-28-30-37(31-29-34)51-42-25-13-10-22-38(42)39-23-11-14-26-43(39)51/h1-32H.